The van der Waals surface area contributed by atoms with Gasteiger partial charge in [-0.05, 0) is 19.1 Å². The summed E-state index contributed by atoms with van der Waals surface area (Å²) in [4.78, 5) is 10.0. The Bertz CT molecular complexity index is 371. The molecular formula is C10H13FN2O3. The normalized spacial score (nSPS) is 10.1. The molecule has 88 valence electrons. The molecule has 1 aromatic rings. The molecule has 0 bridgehead atoms. The van der Waals surface area contributed by atoms with Gasteiger partial charge in [-0.2, -0.15) is 0 Å². The number of hydrogen-bond acceptors (Lipinski definition) is 4. The third kappa shape index (κ3) is 3.47. The van der Waals surface area contributed by atoms with E-state index in [1.54, 1.807) is 0 Å². The van der Waals surface area contributed by atoms with E-state index < -0.39 is 10.7 Å². The summed E-state index contributed by atoms with van der Waals surface area (Å²) >= 11 is 0. The number of nitrogens with zero attached hydrogens (tertiary/aromatic N) is 1. The maximum Gasteiger partial charge on any atom is 0.295 e. The molecule has 0 radical (unpaired) electrons. The molecule has 0 aliphatic rings. The SMILES string of the molecule is CCOCCNc1ccc(F)cc1[N+](=O)[O-]. The van der Waals surface area contributed by atoms with Gasteiger partial charge in [0.25, 0.3) is 5.69 Å². The fourth-order valence-corrected chi connectivity index (χ4v) is 1.21. The smallest absolute Gasteiger partial charge is 0.295 e. The van der Waals surface area contributed by atoms with Crippen LogP contribution < -0.4 is 5.32 Å². The van der Waals surface area contributed by atoms with Gasteiger partial charge in [-0.1, -0.05) is 0 Å². The molecule has 0 unspecified atom stereocenters. The minimum atomic E-state index is -0.623. The van der Waals surface area contributed by atoms with Gasteiger partial charge in [-0.15, -0.1) is 0 Å². The van der Waals surface area contributed by atoms with Crippen molar-refractivity contribution in [3.63, 3.8) is 0 Å². The summed E-state index contributed by atoms with van der Waals surface area (Å²) in [7, 11) is 0. The highest BCUT2D eigenvalue weighted by Gasteiger charge is 2.13. The second-order valence-electron chi connectivity index (χ2n) is 3.04. The molecule has 0 amide bonds. The van der Waals surface area contributed by atoms with Crippen LogP contribution in [0.5, 0.6) is 0 Å². The molecule has 0 heterocycles. The highest BCUT2D eigenvalue weighted by Crippen LogP contribution is 2.24. The third-order valence-corrected chi connectivity index (χ3v) is 1.92. The van der Waals surface area contributed by atoms with Gasteiger partial charge in [-0.3, -0.25) is 10.1 Å². The van der Waals surface area contributed by atoms with E-state index in [9.17, 15) is 14.5 Å². The zero-order valence-corrected chi connectivity index (χ0v) is 8.90. The Morgan fingerprint density at radius 2 is 2.31 bits per heavy atom. The lowest BCUT2D eigenvalue weighted by Crippen LogP contribution is -2.10. The fourth-order valence-electron chi connectivity index (χ4n) is 1.21. The number of nitrogens with one attached hydrogen (secondary N) is 1. The lowest BCUT2D eigenvalue weighted by Gasteiger charge is -2.06. The predicted molar refractivity (Wildman–Crippen MR) is 58.0 cm³/mol. The highest BCUT2D eigenvalue weighted by atomic mass is 19.1. The number of nitro benzene ring substituents is 1. The van der Waals surface area contributed by atoms with Crippen molar-refractivity contribution in [3.8, 4) is 0 Å². The minimum absolute atomic E-state index is 0.267. The zero-order valence-electron chi connectivity index (χ0n) is 8.90. The maximum atomic E-state index is 12.8. The number of anilines is 1. The van der Waals surface area contributed by atoms with Crippen molar-refractivity contribution >= 4 is 11.4 Å². The van der Waals surface area contributed by atoms with Crippen LogP contribution in [0.25, 0.3) is 0 Å². The van der Waals surface area contributed by atoms with Gasteiger partial charge in [0, 0.05) is 13.2 Å². The first-order chi connectivity index (χ1) is 7.65. The Hall–Kier alpha value is -1.69. The minimum Gasteiger partial charge on any atom is -0.380 e. The van der Waals surface area contributed by atoms with Gasteiger partial charge in [0.15, 0.2) is 0 Å². The summed E-state index contributed by atoms with van der Waals surface area (Å²) in [6.07, 6.45) is 0. The first-order valence-electron chi connectivity index (χ1n) is 4.90. The third-order valence-electron chi connectivity index (χ3n) is 1.92. The number of benzene rings is 1. The van der Waals surface area contributed by atoms with E-state index in [1.165, 1.54) is 12.1 Å². The predicted octanol–water partition coefficient (Wildman–Crippen LogP) is 2.18. The quantitative estimate of drug-likeness (QED) is 0.460. The molecule has 1 aromatic carbocycles. The van der Waals surface area contributed by atoms with Crippen LogP contribution in [0.3, 0.4) is 0 Å². The van der Waals surface area contributed by atoms with Crippen molar-refractivity contribution in [1.82, 2.24) is 0 Å². The van der Waals surface area contributed by atoms with Crippen LogP contribution in [0.15, 0.2) is 18.2 Å². The Morgan fingerprint density at radius 1 is 1.56 bits per heavy atom. The van der Waals surface area contributed by atoms with Gasteiger partial charge in [0.05, 0.1) is 17.6 Å². The monoisotopic (exact) mass is 228 g/mol. The van der Waals surface area contributed by atoms with Crippen molar-refractivity contribution in [1.29, 1.82) is 0 Å². The molecule has 0 spiro atoms. The molecule has 0 fully saturated rings. The molecule has 0 aliphatic carbocycles. The van der Waals surface area contributed by atoms with Crippen LogP contribution in [0, 0.1) is 15.9 Å². The van der Waals surface area contributed by atoms with Crippen molar-refractivity contribution in [3.05, 3.63) is 34.1 Å². The number of nitro groups is 1. The van der Waals surface area contributed by atoms with Crippen LogP contribution in [0.1, 0.15) is 6.92 Å². The van der Waals surface area contributed by atoms with Crippen molar-refractivity contribution in [2.24, 2.45) is 0 Å². The lowest BCUT2D eigenvalue weighted by molar-refractivity contribution is -0.384. The van der Waals surface area contributed by atoms with E-state index in [0.717, 1.165) is 6.07 Å². The molecule has 5 nitrogen and oxygen atoms in total. The average Bonchev–Trinajstić information content (AvgIpc) is 2.26. The first kappa shape index (κ1) is 12.4. The Balaban J connectivity index is 2.67. The standard InChI is InChI=1S/C10H13FN2O3/c1-2-16-6-5-12-9-4-3-8(11)7-10(9)13(14)15/h3-4,7,12H,2,5-6H2,1H3. The largest absolute Gasteiger partial charge is 0.380 e. The Morgan fingerprint density at radius 3 is 2.94 bits per heavy atom. The van der Waals surface area contributed by atoms with E-state index in [-0.39, 0.29) is 5.69 Å². The van der Waals surface area contributed by atoms with Gasteiger partial charge in [0.2, 0.25) is 0 Å². The molecule has 1 N–H and O–H groups in total. The first-order valence-corrected chi connectivity index (χ1v) is 4.90. The van der Waals surface area contributed by atoms with E-state index in [4.69, 9.17) is 4.74 Å². The molecule has 6 heteroatoms. The van der Waals surface area contributed by atoms with Crippen LogP contribution in [-0.4, -0.2) is 24.7 Å². The van der Waals surface area contributed by atoms with Crippen LogP contribution >= 0.6 is 0 Å². The van der Waals surface area contributed by atoms with Crippen LogP contribution in [0.2, 0.25) is 0 Å². The van der Waals surface area contributed by atoms with E-state index in [0.29, 0.717) is 25.4 Å². The fraction of sp³-hybridized carbons (Fsp3) is 0.400. The molecule has 1 rings (SSSR count). The van der Waals surface area contributed by atoms with E-state index in [1.807, 2.05) is 6.92 Å². The highest BCUT2D eigenvalue weighted by molar-refractivity contribution is 5.61. The number of halogens is 1. The number of ether oxygens (including phenoxy) is 1. The Labute approximate surface area is 92.4 Å². The molecule has 0 saturated carbocycles. The summed E-state index contributed by atoms with van der Waals surface area (Å²) in [5.41, 5.74) is 0.0302. The van der Waals surface area contributed by atoms with E-state index >= 15 is 0 Å². The second kappa shape index (κ2) is 6.02. The Kier molecular flexibility index (Phi) is 4.65. The van der Waals surface area contributed by atoms with Crippen LogP contribution in [-0.2, 0) is 4.74 Å². The summed E-state index contributed by atoms with van der Waals surface area (Å²) in [5.74, 6) is -0.623. The zero-order chi connectivity index (χ0) is 12.0. The van der Waals surface area contributed by atoms with Crippen molar-refractivity contribution < 1.29 is 14.1 Å². The van der Waals surface area contributed by atoms with Crippen molar-refractivity contribution in [2.75, 3.05) is 25.1 Å². The molecule has 0 aliphatic heterocycles. The summed E-state index contributed by atoms with van der Waals surface area (Å²) in [6.45, 7) is 3.35. The van der Waals surface area contributed by atoms with Gasteiger partial charge >= 0.3 is 0 Å². The van der Waals surface area contributed by atoms with Crippen LogP contribution in [0.4, 0.5) is 15.8 Å². The van der Waals surface area contributed by atoms with Gasteiger partial charge < -0.3 is 10.1 Å². The summed E-state index contributed by atoms with van der Waals surface area (Å²) in [6, 6.07) is 3.42. The molecule has 0 aromatic heterocycles. The molecule has 16 heavy (non-hydrogen) atoms. The second-order valence-corrected chi connectivity index (χ2v) is 3.04. The summed E-state index contributed by atoms with van der Waals surface area (Å²) in [5, 5.41) is 13.5. The molecule has 0 atom stereocenters. The average molecular weight is 228 g/mol. The van der Waals surface area contributed by atoms with Crippen molar-refractivity contribution in [2.45, 2.75) is 6.92 Å². The molecular weight excluding hydrogens is 215 g/mol. The number of hydrogen-bond donors (Lipinski definition) is 1. The lowest BCUT2D eigenvalue weighted by atomic mass is 10.2. The molecule has 0 saturated heterocycles. The van der Waals surface area contributed by atoms with Gasteiger partial charge in [0.1, 0.15) is 11.5 Å². The maximum absolute atomic E-state index is 12.8. The van der Waals surface area contributed by atoms with Gasteiger partial charge in [-0.25, -0.2) is 4.39 Å². The van der Waals surface area contributed by atoms with E-state index in [2.05, 4.69) is 5.32 Å². The summed E-state index contributed by atoms with van der Waals surface area (Å²) < 4.78 is 17.9. The number of rotatable bonds is 6. The topological polar surface area (TPSA) is 64.4 Å².